The van der Waals surface area contributed by atoms with Crippen LogP contribution in [-0.2, 0) is 16.1 Å². The molecule has 1 aromatic heterocycles. The topological polar surface area (TPSA) is 84.2 Å². The molecule has 1 saturated carbocycles. The smallest absolute Gasteiger partial charge is 0.307 e. The van der Waals surface area contributed by atoms with Gasteiger partial charge in [-0.05, 0) is 43.4 Å². The Hall–Kier alpha value is -2.63. The van der Waals surface area contributed by atoms with Crippen LogP contribution in [-0.4, -0.2) is 26.8 Å². The highest BCUT2D eigenvalue weighted by Gasteiger charge is 2.52. The molecule has 0 saturated heterocycles. The molecule has 1 aliphatic rings. The molecule has 1 aliphatic carbocycles. The van der Waals surface area contributed by atoms with Crippen molar-refractivity contribution in [1.82, 2.24) is 15.1 Å². The van der Waals surface area contributed by atoms with Gasteiger partial charge >= 0.3 is 5.97 Å². The van der Waals surface area contributed by atoms with Crippen LogP contribution in [0.5, 0.6) is 0 Å². The maximum Gasteiger partial charge on any atom is 0.307 e. The summed E-state index contributed by atoms with van der Waals surface area (Å²) in [5.74, 6) is -2.06. The Morgan fingerprint density at radius 2 is 1.81 bits per heavy atom. The van der Waals surface area contributed by atoms with Crippen molar-refractivity contribution >= 4 is 11.9 Å². The number of carbonyl (C=O) groups excluding carboxylic acids is 1. The van der Waals surface area contributed by atoms with Crippen LogP contribution >= 0.6 is 0 Å². The SMILES string of the molecule is Cc1cc(C)n(-c2ccccc2CNC(=O)[C@H]2C(C)C(C)[C@H]2C(=O)O)n1. The molecule has 138 valence electrons. The average Bonchev–Trinajstić information content (AvgIpc) is 2.94. The molecule has 6 heteroatoms. The number of carboxylic acids is 1. The largest absolute Gasteiger partial charge is 0.481 e. The standard InChI is InChI=1S/C20H25N3O3/c1-11-9-12(2)23(22-11)16-8-6-5-7-15(16)10-21-19(24)17-13(3)14(4)18(17)20(25)26/h5-9,13-14,17-18H,10H2,1-4H3,(H,21,24)(H,25,26)/t13?,14?,17-,18+/m0/s1. The molecule has 4 atom stereocenters. The number of carbonyl (C=O) groups is 2. The van der Waals surface area contributed by atoms with Crippen LogP contribution in [0, 0.1) is 37.5 Å². The van der Waals surface area contributed by atoms with Crippen LogP contribution in [0.3, 0.4) is 0 Å². The van der Waals surface area contributed by atoms with Gasteiger partial charge in [0, 0.05) is 12.2 Å². The maximum absolute atomic E-state index is 12.6. The van der Waals surface area contributed by atoms with E-state index in [4.69, 9.17) is 0 Å². The lowest BCUT2D eigenvalue weighted by Gasteiger charge is -2.45. The predicted molar refractivity (Wildman–Crippen MR) is 97.8 cm³/mol. The fraction of sp³-hybridized carbons (Fsp3) is 0.450. The molecule has 1 aromatic carbocycles. The minimum Gasteiger partial charge on any atom is -0.481 e. The molecule has 2 N–H and O–H groups in total. The lowest BCUT2D eigenvalue weighted by Crippen LogP contribution is -2.54. The van der Waals surface area contributed by atoms with Crippen LogP contribution in [0.1, 0.15) is 30.8 Å². The number of hydrogen-bond acceptors (Lipinski definition) is 3. The summed E-state index contributed by atoms with van der Waals surface area (Å²) in [5.41, 5.74) is 3.82. The number of amides is 1. The van der Waals surface area contributed by atoms with E-state index in [1.807, 2.05) is 62.7 Å². The minimum atomic E-state index is -0.890. The molecule has 0 aliphatic heterocycles. The van der Waals surface area contributed by atoms with E-state index in [0.717, 1.165) is 22.6 Å². The second kappa shape index (κ2) is 6.94. The van der Waals surface area contributed by atoms with Crippen LogP contribution in [0.2, 0.25) is 0 Å². The predicted octanol–water partition coefficient (Wildman–Crippen LogP) is 2.71. The average molecular weight is 355 g/mol. The number of aliphatic carboxylic acids is 1. The maximum atomic E-state index is 12.6. The van der Waals surface area contributed by atoms with E-state index in [2.05, 4.69) is 10.4 Å². The van der Waals surface area contributed by atoms with E-state index in [-0.39, 0.29) is 17.7 Å². The van der Waals surface area contributed by atoms with Crippen molar-refractivity contribution in [3.05, 3.63) is 47.3 Å². The van der Waals surface area contributed by atoms with Gasteiger partial charge < -0.3 is 10.4 Å². The first-order valence-electron chi connectivity index (χ1n) is 8.93. The van der Waals surface area contributed by atoms with Crippen molar-refractivity contribution in [2.45, 2.75) is 34.2 Å². The van der Waals surface area contributed by atoms with Gasteiger partial charge in [0.1, 0.15) is 0 Å². The van der Waals surface area contributed by atoms with E-state index < -0.39 is 17.8 Å². The highest BCUT2D eigenvalue weighted by atomic mass is 16.4. The minimum absolute atomic E-state index is 0.0187. The first-order chi connectivity index (χ1) is 12.3. The first kappa shape index (κ1) is 18.2. The number of aryl methyl sites for hydroxylation is 2. The number of para-hydroxylation sites is 1. The van der Waals surface area contributed by atoms with Crippen LogP contribution in [0.15, 0.2) is 30.3 Å². The van der Waals surface area contributed by atoms with Crippen LogP contribution in [0.4, 0.5) is 0 Å². The lowest BCUT2D eigenvalue weighted by molar-refractivity contribution is -0.164. The molecular formula is C20H25N3O3. The Labute approximate surface area is 153 Å². The van der Waals surface area contributed by atoms with E-state index in [0.29, 0.717) is 6.54 Å². The van der Waals surface area contributed by atoms with E-state index in [1.54, 1.807) is 0 Å². The molecule has 0 spiro atoms. The van der Waals surface area contributed by atoms with Gasteiger partial charge in [-0.3, -0.25) is 9.59 Å². The van der Waals surface area contributed by atoms with Gasteiger partial charge in [-0.25, -0.2) is 4.68 Å². The molecule has 3 rings (SSSR count). The third-order valence-corrected chi connectivity index (χ3v) is 5.62. The van der Waals surface area contributed by atoms with Gasteiger partial charge in [-0.1, -0.05) is 32.0 Å². The number of nitrogens with zero attached hydrogens (tertiary/aromatic N) is 2. The van der Waals surface area contributed by atoms with Crippen molar-refractivity contribution in [3.8, 4) is 5.69 Å². The number of nitrogens with one attached hydrogen (secondary N) is 1. The summed E-state index contributed by atoms with van der Waals surface area (Å²) in [4.78, 5) is 24.0. The van der Waals surface area contributed by atoms with Crippen LogP contribution in [0.25, 0.3) is 5.69 Å². The summed E-state index contributed by atoms with van der Waals surface area (Å²) < 4.78 is 1.87. The molecule has 1 amide bonds. The molecule has 0 radical (unpaired) electrons. The Morgan fingerprint density at radius 3 is 2.42 bits per heavy atom. The number of aromatic nitrogens is 2. The summed E-state index contributed by atoms with van der Waals surface area (Å²) in [6, 6.07) is 9.78. The van der Waals surface area contributed by atoms with E-state index in [9.17, 15) is 14.7 Å². The van der Waals surface area contributed by atoms with Gasteiger partial charge in [0.05, 0.1) is 23.2 Å². The summed E-state index contributed by atoms with van der Waals surface area (Å²) in [6.45, 7) is 8.12. The highest BCUT2D eigenvalue weighted by molar-refractivity contribution is 5.87. The second-order valence-corrected chi connectivity index (χ2v) is 7.29. The van der Waals surface area contributed by atoms with E-state index in [1.165, 1.54) is 0 Å². The normalized spacial score (nSPS) is 24.8. The Kier molecular flexibility index (Phi) is 4.85. The van der Waals surface area contributed by atoms with Crippen molar-refractivity contribution in [2.75, 3.05) is 0 Å². The van der Waals surface area contributed by atoms with Gasteiger partial charge in [-0.2, -0.15) is 5.10 Å². The highest BCUT2D eigenvalue weighted by Crippen LogP contribution is 2.45. The molecular weight excluding hydrogens is 330 g/mol. The van der Waals surface area contributed by atoms with Crippen molar-refractivity contribution < 1.29 is 14.7 Å². The van der Waals surface area contributed by atoms with Crippen molar-refractivity contribution in [1.29, 1.82) is 0 Å². The third kappa shape index (κ3) is 3.11. The number of hydrogen-bond donors (Lipinski definition) is 2. The quantitative estimate of drug-likeness (QED) is 0.864. The summed E-state index contributed by atoms with van der Waals surface area (Å²) in [5, 5.41) is 16.8. The monoisotopic (exact) mass is 355 g/mol. The molecule has 6 nitrogen and oxygen atoms in total. The fourth-order valence-electron chi connectivity index (χ4n) is 3.98. The zero-order chi connectivity index (χ0) is 19.0. The fourth-order valence-corrected chi connectivity index (χ4v) is 3.98. The van der Waals surface area contributed by atoms with Gasteiger partial charge in [0.15, 0.2) is 0 Å². The Bertz CT molecular complexity index is 843. The Balaban J connectivity index is 1.76. The van der Waals surface area contributed by atoms with Gasteiger partial charge in [-0.15, -0.1) is 0 Å². The number of benzene rings is 1. The van der Waals surface area contributed by atoms with Crippen molar-refractivity contribution in [2.24, 2.45) is 23.7 Å². The summed E-state index contributed by atoms with van der Waals surface area (Å²) in [7, 11) is 0. The van der Waals surface area contributed by atoms with E-state index >= 15 is 0 Å². The molecule has 2 unspecified atom stereocenters. The molecule has 2 aromatic rings. The molecule has 1 heterocycles. The zero-order valence-electron chi connectivity index (χ0n) is 15.6. The van der Waals surface area contributed by atoms with Gasteiger partial charge in [0.2, 0.25) is 5.91 Å². The van der Waals surface area contributed by atoms with Crippen LogP contribution < -0.4 is 5.32 Å². The first-order valence-corrected chi connectivity index (χ1v) is 8.93. The molecule has 1 fully saturated rings. The third-order valence-electron chi connectivity index (χ3n) is 5.62. The lowest BCUT2D eigenvalue weighted by atomic mass is 9.57. The second-order valence-electron chi connectivity index (χ2n) is 7.29. The molecule has 26 heavy (non-hydrogen) atoms. The summed E-state index contributed by atoms with van der Waals surface area (Å²) >= 11 is 0. The van der Waals surface area contributed by atoms with Gasteiger partial charge in [0.25, 0.3) is 0 Å². The zero-order valence-corrected chi connectivity index (χ0v) is 15.6. The Morgan fingerprint density at radius 1 is 1.15 bits per heavy atom. The molecule has 0 bridgehead atoms. The number of rotatable bonds is 5. The summed E-state index contributed by atoms with van der Waals surface area (Å²) in [6.07, 6.45) is 0. The number of carboxylic acid groups (broad SMARTS) is 1. The van der Waals surface area contributed by atoms with Crippen molar-refractivity contribution in [3.63, 3.8) is 0 Å².